The summed E-state index contributed by atoms with van der Waals surface area (Å²) in [6.07, 6.45) is 2.55. The lowest BCUT2D eigenvalue weighted by atomic mass is 10.2. The zero-order chi connectivity index (χ0) is 14.1. The van der Waals surface area contributed by atoms with Gasteiger partial charge in [0.25, 0.3) is 5.91 Å². The van der Waals surface area contributed by atoms with Crippen LogP contribution in [0.4, 0.5) is 5.13 Å². The molecular formula is C12H16N6OS. The molecule has 0 atom stereocenters. The molecule has 0 spiro atoms. The average molecular weight is 292 g/mol. The van der Waals surface area contributed by atoms with Crippen molar-refractivity contribution in [1.29, 1.82) is 0 Å². The van der Waals surface area contributed by atoms with E-state index in [-0.39, 0.29) is 5.91 Å². The minimum atomic E-state index is -0.264. The third-order valence-electron chi connectivity index (χ3n) is 3.32. The SMILES string of the molecule is CCc1nc(NC(=O)c2cn(C3CNC3)nn2)sc1C. The van der Waals surface area contributed by atoms with Crippen molar-refractivity contribution < 1.29 is 4.79 Å². The molecule has 2 N–H and O–H groups in total. The summed E-state index contributed by atoms with van der Waals surface area (Å²) in [4.78, 5) is 17.6. The van der Waals surface area contributed by atoms with Crippen molar-refractivity contribution in [2.75, 3.05) is 18.4 Å². The van der Waals surface area contributed by atoms with E-state index in [2.05, 4.69) is 25.9 Å². The van der Waals surface area contributed by atoms with Gasteiger partial charge in [-0.25, -0.2) is 9.67 Å². The fourth-order valence-corrected chi connectivity index (χ4v) is 2.89. The smallest absolute Gasteiger partial charge is 0.279 e. The number of nitrogens with one attached hydrogen (secondary N) is 2. The number of nitrogens with zero attached hydrogens (tertiary/aromatic N) is 4. The van der Waals surface area contributed by atoms with E-state index in [0.717, 1.165) is 30.1 Å². The molecule has 0 aliphatic carbocycles. The number of amides is 1. The van der Waals surface area contributed by atoms with E-state index in [1.165, 1.54) is 11.3 Å². The van der Waals surface area contributed by atoms with Crippen LogP contribution in [-0.2, 0) is 6.42 Å². The molecule has 0 aromatic carbocycles. The first-order chi connectivity index (χ1) is 9.67. The summed E-state index contributed by atoms with van der Waals surface area (Å²) in [5.41, 5.74) is 1.34. The Morgan fingerprint density at radius 3 is 3.00 bits per heavy atom. The molecule has 7 nitrogen and oxygen atoms in total. The molecule has 1 saturated heterocycles. The van der Waals surface area contributed by atoms with Crippen LogP contribution < -0.4 is 10.6 Å². The van der Waals surface area contributed by atoms with Crippen LogP contribution in [0.15, 0.2) is 6.20 Å². The van der Waals surface area contributed by atoms with E-state index >= 15 is 0 Å². The highest BCUT2D eigenvalue weighted by molar-refractivity contribution is 7.15. The van der Waals surface area contributed by atoms with Crippen molar-refractivity contribution in [2.24, 2.45) is 0 Å². The highest BCUT2D eigenvalue weighted by atomic mass is 32.1. The van der Waals surface area contributed by atoms with Crippen molar-refractivity contribution in [2.45, 2.75) is 26.3 Å². The maximum absolute atomic E-state index is 12.1. The predicted molar refractivity (Wildman–Crippen MR) is 76.1 cm³/mol. The van der Waals surface area contributed by atoms with E-state index in [0.29, 0.717) is 16.9 Å². The molecule has 0 radical (unpaired) electrons. The molecule has 2 aromatic rings. The standard InChI is InChI=1S/C12H16N6OS/c1-3-9-7(2)20-12(14-9)15-11(19)10-6-18(17-16-10)8-4-13-5-8/h6,8,13H,3-5H2,1-2H3,(H,14,15,19). The number of rotatable bonds is 4. The van der Waals surface area contributed by atoms with Crippen molar-refractivity contribution in [1.82, 2.24) is 25.3 Å². The Balaban J connectivity index is 1.70. The summed E-state index contributed by atoms with van der Waals surface area (Å²) in [6, 6.07) is 0.304. The molecule has 0 bridgehead atoms. The number of thiazole rings is 1. The molecule has 0 saturated carbocycles. The Bertz CT molecular complexity index is 630. The maximum atomic E-state index is 12.1. The first-order valence-electron chi connectivity index (χ1n) is 6.57. The van der Waals surface area contributed by atoms with E-state index < -0.39 is 0 Å². The average Bonchev–Trinajstić information content (AvgIpc) is 2.94. The van der Waals surface area contributed by atoms with Crippen molar-refractivity contribution >= 4 is 22.4 Å². The Kier molecular flexibility index (Phi) is 3.49. The number of aromatic nitrogens is 4. The summed E-state index contributed by atoms with van der Waals surface area (Å²) in [5.74, 6) is -0.264. The molecular weight excluding hydrogens is 276 g/mol. The van der Waals surface area contributed by atoms with Crippen LogP contribution >= 0.6 is 11.3 Å². The van der Waals surface area contributed by atoms with E-state index in [1.54, 1.807) is 10.9 Å². The van der Waals surface area contributed by atoms with Gasteiger partial charge in [-0.15, -0.1) is 16.4 Å². The summed E-state index contributed by atoms with van der Waals surface area (Å²) in [7, 11) is 0. The zero-order valence-corrected chi connectivity index (χ0v) is 12.2. The van der Waals surface area contributed by atoms with Gasteiger partial charge in [0.1, 0.15) is 0 Å². The number of aryl methyl sites for hydroxylation is 2. The van der Waals surface area contributed by atoms with Crippen molar-refractivity contribution in [3.8, 4) is 0 Å². The molecule has 3 heterocycles. The van der Waals surface area contributed by atoms with Crippen LogP contribution in [0.25, 0.3) is 0 Å². The molecule has 2 aromatic heterocycles. The molecule has 3 rings (SSSR count). The van der Waals surface area contributed by atoms with Crippen LogP contribution in [0.3, 0.4) is 0 Å². The number of carbonyl (C=O) groups is 1. The number of hydrogen-bond acceptors (Lipinski definition) is 6. The van der Waals surface area contributed by atoms with Gasteiger partial charge < -0.3 is 5.32 Å². The van der Waals surface area contributed by atoms with Gasteiger partial charge in [0.2, 0.25) is 0 Å². The second-order valence-corrected chi connectivity index (χ2v) is 5.93. The Morgan fingerprint density at radius 2 is 2.40 bits per heavy atom. The lowest BCUT2D eigenvalue weighted by Crippen LogP contribution is -2.43. The van der Waals surface area contributed by atoms with Gasteiger partial charge in [0.05, 0.1) is 17.9 Å². The molecule has 1 fully saturated rings. The van der Waals surface area contributed by atoms with Crippen LogP contribution in [-0.4, -0.2) is 39.0 Å². The molecule has 1 aliphatic heterocycles. The molecule has 1 aliphatic rings. The van der Waals surface area contributed by atoms with Crippen molar-refractivity contribution in [3.63, 3.8) is 0 Å². The topological polar surface area (TPSA) is 84.7 Å². The van der Waals surface area contributed by atoms with E-state index in [9.17, 15) is 4.79 Å². The Labute approximate surface area is 120 Å². The van der Waals surface area contributed by atoms with Gasteiger partial charge in [-0.3, -0.25) is 10.1 Å². The molecule has 106 valence electrons. The van der Waals surface area contributed by atoms with E-state index in [4.69, 9.17) is 0 Å². The second kappa shape index (κ2) is 5.29. The minimum absolute atomic E-state index is 0.264. The predicted octanol–water partition coefficient (Wildman–Crippen LogP) is 1.00. The van der Waals surface area contributed by atoms with Crippen LogP contribution in [0.2, 0.25) is 0 Å². The third-order valence-corrected chi connectivity index (χ3v) is 4.25. The Hall–Kier alpha value is -1.80. The maximum Gasteiger partial charge on any atom is 0.279 e. The fraction of sp³-hybridized carbons (Fsp3) is 0.500. The number of anilines is 1. The van der Waals surface area contributed by atoms with E-state index in [1.807, 2.05) is 13.8 Å². The van der Waals surface area contributed by atoms with Crippen LogP contribution in [0.5, 0.6) is 0 Å². The second-order valence-electron chi connectivity index (χ2n) is 4.73. The molecule has 0 unspecified atom stereocenters. The lowest BCUT2D eigenvalue weighted by molar-refractivity contribution is 0.102. The fourth-order valence-electron chi connectivity index (χ4n) is 1.99. The highest BCUT2D eigenvalue weighted by Gasteiger charge is 2.22. The van der Waals surface area contributed by atoms with Gasteiger partial charge in [0, 0.05) is 18.0 Å². The molecule has 8 heteroatoms. The van der Waals surface area contributed by atoms with Crippen LogP contribution in [0, 0.1) is 6.92 Å². The van der Waals surface area contributed by atoms with Gasteiger partial charge in [0.15, 0.2) is 10.8 Å². The van der Waals surface area contributed by atoms with Gasteiger partial charge in [-0.1, -0.05) is 12.1 Å². The first-order valence-corrected chi connectivity index (χ1v) is 7.39. The summed E-state index contributed by atoms with van der Waals surface area (Å²) in [5, 5.41) is 14.5. The summed E-state index contributed by atoms with van der Waals surface area (Å²) < 4.78 is 1.73. The number of carbonyl (C=O) groups excluding carboxylic acids is 1. The number of hydrogen-bond donors (Lipinski definition) is 2. The molecule has 1 amide bonds. The minimum Gasteiger partial charge on any atom is -0.312 e. The summed E-state index contributed by atoms with van der Waals surface area (Å²) >= 11 is 1.48. The normalized spacial score (nSPS) is 15.1. The van der Waals surface area contributed by atoms with Gasteiger partial charge in [-0.2, -0.15) is 0 Å². The Morgan fingerprint density at radius 1 is 1.60 bits per heavy atom. The summed E-state index contributed by atoms with van der Waals surface area (Å²) in [6.45, 7) is 5.80. The highest BCUT2D eigenvalue weighted by Crippen LogP contribution is 2.22. The third kappa shape index (κ3) is 2.44. The lowest BCUT2D eigenvalue weighted by Gasteiger charge is -2.26. The first kappa shape index (κ1) is 13.2. The largest absolute Gasteiger partial charge is 0.312 e. The van der Waals surface area contributed by atoms with Gasteiger partial charge in [-0.05, 0) is 13.3 Å². The van der Waals surface area contributed by atoms with Crippen LogP contribution in [0.1, 0.15) is 34.0 Å². The van der Waals surface area contributed by atoms with Gasteiger partial charge >= 0.3 is 0 Å². The quantitative estimate of drug-likeness (QED) is 0.878. The zero-order valence-electron chi connectivity index (χ0n) is 11.4. The monoisotopic (exact) mass is 292 g/mol. The van der Waals surface area contributed by atoms with Crippen molar-refractivity contribution in [3.05, 3.63) is 22.5 Å². The molecule has 20 heavy (non-hydrogen) atoms.